The van der Waals surface area contributed by atoms with Crippen molar-refractivity contribution in [2.24, 2.45) is 0 Å². The van der Waals surface area contributed by atoms with Gasteiger partial charge >= 0.3 is 0 Å². The molecule has 2 aromatic rings. The molecule has 1 aliphatic rings. The zero-order valence-electron chi connectivity index (χ0n) is 13.3. The van der Waals surface area contributed by atoms with Crippen molar-refractivity contribution in [3.8, 4) is 0 Å². The normalized spacial score (nSPS) is 15.1. The highest BCUT2D eigenvalue weighted by Gasteiger charge is 2.20. The standard InChI is InChI=1S/C16H22N4O2/c1-17-12-8-11-9-14(16(21)19(2)3)22-15(11)13(10-12)20-6-4-18-5-7-20/h8-10,17-18H,4-7H2,1-3H3. The van der Waals surface area contributed by atoms with Crippen LogP contribution in [0.2, 0.25) is 0 Å². The Morgan fingerprint density at radius 3 is 2.64 bits per heavy atom. The van der Waals surface area contributed by atoms with E-state index in [4.69, 9.17) is 4.42 Å². The van der Waals surface area contributed by atoms with Gasteiger partial charge < -0.3 is 24.9 Å². The number of hydrogen-bond donors (Lipinski definition) is 2. The summed E-state index contributed by atoms with van der Waals surface area (Å²) in [6.07, 6.45) is 0. The largest absolute Gasteiger partial charge is 0.449 e. The lowest BCUT2D eigenvalue weighted by Crippen LogP contribution is -2.43. The molecule has 22 heavy (non-hydrogen) atoms. The Kier molecular flexibility index (Phi) is 3.94. The van der Waals surface area contributed by atoms with Gasteiger partial charge in [-0.3, -0.25) is 4.79 Å². The number of nitrogens with one attached hydrogen (secondary N) is 2. The molecule has 6 nitrogen and oxygen atoms in total. The van der Waals surface area contributed by atoms with Crippen molar-refractivity contribution in [3.63, 3.8) is 0 Å². The third-order valence-corrected chi connectivity index (χ3v) is 3.96. The number of hydrogen-bond acceptors (Lipinski definition) is 5. The number of furan rings is 1. The summed E-state index contributed by atoms with van der Waals surface area (Å²) in [5, 5.41) is 7.48. The summed E-state index contributed by atoms with van der Waals surface area (Å²) < 4.78 is 5.89. The Labute approximate surface area is 130 Å². The molecular weight excluding hydrogens is 280 g/mol. The Hall–Kier alpha value is -2.21. The Morgan fingerprint density at radius 1 is 1.27 bits per heavy atom. The van der Waals surface area contributed by atoms with E-state index in [0.29, 0.717) is 5.76 Å². The number of carbonyl (C=O) groups excluding carboxylic acids is 1. The summed E-state index contributed by atoms with van der Waals surface area (Å²) in [7, 11) is 5.35. The first-order chi connectivity index (χ1) is 10.6. The van der Waals surface area contributed by atoms with E-state index in [9.17, 15) is 4.79 Å². The molecule has 6 heteroatoms. The van der Waals surface area contributed by atoms with Gasteiger partial charge in [0, 0.05) is 58.4 Å². The van der Waals surface area contributed by atoms with E-state index < -0.39 is 0 Å². The SMILES string of the molecule is CNc1cc(N2CCNCC2)c2oc(C(=O)N(C)C)cc2c1. The maximum atomic E-state index is 12.1. The number of amides is 1. The summed E-state index contributed by atoms with van der Waals surface area (Å²) in [6.45, 7) is 3.77. The van der Waals surface area contributed by atoms with Gasteiger partial charge in [-0.05, 0) is 18.2 Å². The van der Waals surface area contributed by atoms with Crippen LogP contribution in [0.25, 0.3) is 11.0 Å². The molecule has 0 spiro atoms. The van der Waals surface area contributed by atoms with Crippen LogP contribution in [0.15, 0.2) is 22.6 Å². The van der Waals surface area contributed by atoms with E-state index in [1.165, 1.54) is 4.90 Å². The van der Waals surface area contributed by atoms with E-state index in [1.54, 1.807) is 14.1 Å². The Balaban J connectivity index is 2.10. The van der Waals surface area contributed by atoms with Gasteiger partial charge in [0.25, 0.3) is 5.91 Å². The average Bonchev–Trinajstić information content (AvgIpc) is 2.97. The summed E-state index contributed by atoms with van der Waals surface area (Å²) in [5.74, 6) is 0.262. The molecule has 0 saturated carbocycles. The molecule has 1 amide bonds. The van der Waals surface area contributed by atoms with Crippen LogP contribution in [0.5, 0.6) is 0 Å². The third-order valence-electron chi connectivity index (χ3n) is 3.96. The molecule has 2 heterocycles. The number of piperazine rings is 1. The lowest BCUT2D eigenvalue weighted by molar-refractivity contribution is 0.0799. The highest BCUT2D eigenvalue weighted by atomic mass is 16.3. The first-order valence-corrected chi connectivity index (χ1v) is 7.53. The molecule has 1 fully saturated rings. The maximum Gasteiger partial charge on any atom is 0.289 e. The van der Waals surface area contributed by atoms with E-state index in [1.807, 2.05) is 19.2 Å². The van der Waals surface area contributed by atoms with Crippen molar-refractivity contribution < 1.29 is 9.21 Å². The summed E-state index contributed by atoms with van der Waals surface area (Å²) in [6, 6.07) is 5.92. The highest BCUT2D eigenvalue weighted by molar-refractivity contribution is 6.00. The Bertz CT molecular complexity index is 687. The maximum absolute atomic E-state index is 12.1. The first-order valence-electron chi connectivity index (χ1n) is 7.53. The van der Waals surface area contributed by atoms with Gasteiger partial charge in [-0.25, -0.2) is 0 Å². The summed E-state index contributed by atoms with van der Waals surface area (Å²) in [5.41, 5.74) is 2.85. The molecular formula is C16H22N4O2. The van der Waals surface area contributed by atoms with Crippen LogP contribution in [0.4, 0.5) is 11.4 Å². The van der Waals surface area contributed by atoms with Gasteiger partial charge in [-0.2, -0.15) is 0 Å². The lowest BCUT2D eigenvalue weighted by Gasteiger charge is -2.29. The third kappa shape index (κ3) is 2.62. The summed E-state index contributed by atoms with van der Waals surface area (Å²) in [4.78, 5) is 16.0. The van der Waals surface area contributed by atoms with Gasteiger partial charge in [-0.15, -0.1) is 0 Å². The fraction of sp³-hybridized carbons (Fsp3) is 0.438. The number of benzene rings is 1. The number of carbonyl (C=O) groups is 1. The van der Waals surface area contributed by atoms with Crippen molar-refractivity contribution in [3.05, 3.63) is 24.0 Å². The van der Waals surface area contributed by atoms with Crippen LogP contribution in [-0.4, -0.2) is 58.1 Å². The first kappa shape index (κ1) is 14.7. The van der Waals surface area contributed by atoms with E-state index in [0.717, 1.165) is 48.5 Å². The fourth-order valence-corrected chi connectivity index (χ4v) is 2.75. The van der Waals surface area contributed by atoms with Crippen molar-refractivity contribution in [1.82, 2.24) is 10.2 Å². The van der Waals surface area contributed by atoms with Gasteiger partial charge in [0.1, 0.15) is 0 Å². The second-order valence-electron chi connectivity index (χ2n) is 5.71. The number of fused-ring (bicyclic) bond motifs is 1. The predicted octanol–water partition coefficient (Wildman–Crippen LogP) is 1.59. The minimum atomic E-state index is -0.117. The van der Waals surface area contributed by atoms with E-state index in [-0.39, 0.29) is 5.91 Å². The number of anilines is 2. The van der Waals surface area contributed by atoms with Gasteiger partial charge in [0.05, 0.1) is 5.69 Å². The monoisotopic (exact) mass is 302 g/mol. The zero-order chi connectivity index (χ0) is 15.7. The molecule has 2 N–H and O–H groups in total. The molecule has 1 aromatic heterocycles. The molecule has 118 valence electrons. The molecule has 3 rings (SSSR count). The van der Waals surface area contributed by atoms with Crippen LogP contribution in [0.3, 0.4) is 0 Å². The minimum Gasteiger partial charge on any atom is -0.449 e. The molecule has 1 aromatic carbocycles. The highest BCUT2D eigenvalue weighted by Crippen LogP contribution is 2.33. The molecule has 0 radical (unpaired) electrons. The van der Waals surface area contributed by atoms with E-state index >= 15 is 0 Å². The number of rotatable bonds is 3. The molecule has 0 unspecified atom stereocenters. The lowest BCUT2D eigenvalue weighted by atomic mass is 10.1. The van der Waals surface area contributed by atoms with Gasteiger partial charge in [0.2, 0.25) is 0 Å². The quantitative estimate of drug-likeness (QED) is 0.901. The van der Waals surface area contributed by atoms with Gasteiger partial charge in [-0.1, -0.05) is 0 Å². The van der Waals surface area contributed by atoms with E-state index in [2.05, 4.69) is 21.6 Å². The van der Waals surface area contributed by atoms with Crippen molar-refractivity contribution >= 4 is 28.3 Å². The zero-order valence-corrected chi connectivity index (χ0v) is 13.3. The van der Waals surface area contributed by atoms with Crippen LogP contribution < -0.4 is 15.5 Å². The van der Waals surface area contributed by atoms with Crippen molar-refractivity contribution in [2.75, 3.05) is 57.5 Å². The molecule has 0 bridgehead atoms. The second-order valence-corrected chi connectivity index (χ2v) is 5.71. The average molecular weight is 302 g/mol. The molecule has 0 aliphatic carbocycles. The molecule has 0 atom stereocenters. The topological polar surface area (TPSA) is 60.8 Å². The minimum absolute atomic E-state index is 0.117. The van der Waals surface area contributed by atoms with Crippen LogP contribution >= 0.6 is 0 Å². The summed E-state index contributed by atoms with van der Waals surface area (Å²) >= 11 is 0. The molecule has 1 aliphatic heterocycles. The van der Waals surface area contributed by atoms with Crippen LogP contribution in [0, 0.1) is 0 Å². The van der Waals surface area contributed by atoms with Crippen LogP contribution in [-0.2, 0) is 0 Å². The number of nitrogens with zero attached hydrogens (tertiary/aromatic N) is 2. The van der Waals surface area contributed by atoms with Crippen molar-refractivity contribution in [1.29, 1.82) is 0 Å². The van der Waals surface area contributed by atoms with Gasteiger partial charge in [0.15, 0.2) is 11.3 Å². The second kappa shape index (κ2) is 5.88. The van der Waals surface area contributed by atoms with Crippen LogP contribution in [0.1, 0.15) is 10.6 Å². The molecule has 1 saturated heterocycles. The van der Waals surface area contributed by atoms with Crippen molar-refractivity contribution in [2.45, 2.75) is 0 Å². The predicted molar refractivity (Wildman–Crippen MR) is 88.9 cm³/mol. The fourth-order valence-electron chi connectivity index (χ4n) is 2.75. The smallest absolute Gasteiger partial charge is 0.289 e. The Morgan fingerprint density at radius 2 is 2.00 bits per heavy atom.